The van der Waals surface area contributed by atoms with Gasteiger partial charge in [0.05, 0.1) is 29.2 Å². The first-order valence-corrected chi connectivity index (χ1v) is 13.1. The van der Waals surface area contributed by atoms with Crippen molar-refractivity contribution in [3.63, 3.8) is 0 Å². The highest BCUT2D eigenvalue weighted by Crippen LogP contribution is 2.42. The van der Waals surface area contributed by atoms with Crippen LogP contribution < -0.4 is 10.2 Å². The van der Waals surface area contributed by atoms with E-state index in [0.29, 0.717) is 42.8 Å². The minimum absolute atomic E-state index is 0.262. The van der Waals surface area contributed by atoms with Gasteiger partial charge in [0.1, 0.15) is 17.2 Å². The highest BCUT2D eigenvalue weighted by Gasteiger charge is 2.26. The van der Waals surface area contributed by atoms with Gasteiger partial charge in [0, 0.05) is 44.1 Å². The fraction of sp³-hybridized carbons (Fsp3) is 0.414. The summed E-state index contributed by atoms with van der Waals surface area (Å²) in [6.07, 6.45) is 8.25. The zero-order valence-electron chi connectivity index (χ0n) is 22.1. The van der Waals surface area contributed by atoms with Gasteiger partial charge in [-0.2, -0.15) is 5.26 Å². The minimum Gasteiger partial charge on any atom is -0.444 e. The first kappa shape index (κ1) is 25.5. The van der Waals surface area contributed by atoms with E-state index in [4.69, 9.17) is 9.72 Å². The molecule has 5 rings (SSSR count). The Balaban J connectivity index is 1.36. The molecule has 1 aliphatic heterocycles. The van der Waals surface area contributed by atoms with E-state index in [1.54, 1.807) is 23.2 Å². The smallest absolute Gasteiger partial charge is 0.410 e. The fourth-order valence-corrected chi connectivity index (χ4v) is 4.54. The lowest BCUT2D eigenvalue weighted by Gasteiger charge is -2.27. The van der Waals surface area contributed by atoms with Crippen LogP contribution in [-0.2, 0) is 4.74 Å². The Labute approximate surface area is 223 Å². The van der Waals surface area contributed by atoms with Gasteiger partial charge in [-0.25, -0.2) is 14.8 Å². The molecular weight excluding hydrogens is 478 g/mol. The summed E-state index contributed by atoms with van der Waals surface area (Å²) in [7, 11) is 0. The summed E-state index contributed by atoms with van der Waals surface area (Å²) in [5, 5.41) is 12.5. The van der Waals surface area contributed by atoms with E-state index in [9.17, 15) is 10.1 Å². The molecule has 9 heteroatoms. The first-order chi connectivity index (χ1) is 18.3. The zero-order valence-corrected chi connectivity index (χ0v) is 22.1. The van der Waals surface area contributed by atoms with Crippen LogP contribution in [0.1, 0.15) is 57.1 Å². The van der Waals surface area contributed by atoms with Gasteiger partial charge in [-0.1, -0.05) is 0 Å². The van der Waals surface area contributed by atoms with Crippen LogP contribution in [0.2, 0.25) is 0 Å². The van der Waals surface area contributed by atoms with E-state index < -0.39 is 5.60 Å². The molecule has 2 aliphatic rings. The van der Waals surface area contributed by atoms with Gasteiger partial charge < -0.3 is 19.9 Å². The SMILES string of the molecule is CC(C)(C)OC(=O)N1CCCN(c2cncc(-c3cc(C4CC4)cc(Nc4cc(C#N)ccn4)n3)c2)CC1. The van der Waals surface area contributed by atoms with Gasteiger partial charge in [-0.3, -0.25) is 4.98 Å². The molecular formula is C29H33N7O2. The molecule has 1 saturated carbocycles. The summed E-state index contributed by atoms with van der Waals surface area (Å²) in [6.45, 7) is 8.45. The Morgan fingerprint density at radius 1 is 1.08 bits per heavy atom. The van der Waals surface area contributed by atoms with Crippen molar-refractivity contribution in [1.82, 2.24) is 19.9 Å². The molecule has 3 aromatic rings. The molecule has 196 valence electrons. The van der Waals surface area contributed by atoms with Crippen molar-refractivity contribution in [2.45, 2.75) is 51.6 Å². The fourth-order valence-electron chi connectivity index (χ4n) is 4.54. The van der Waals surface area contributed by atoms with Crippen LogP contribution in [0, 0.1) is 11.3 Å². The molecule has 1 N–H and O–H groups in total. The maximum absolute atomic E-state index is 12.6. The molecule has 0 bridgehead atoms. The van der Waals surface area contributed by atoms with Crippen molar-refractivity contribution < 1.29 is 9.53 Å². The monoisotopic (exact) mass is 511 g/mol. The summed E-state index contributed by atoms with van der Waals surface area (Å²) >= 11 is 0. The topological polar surface area (TPSA) is 107 Å². The summed E-state index contributed by atoms with van der Waals surface area (Å²) in [5.41, 5.74) is 4.05. The van der Waals surface area contributed by atoms with Crippen LogP contribution in [0.3, 0.4) is 0 Å². The number of hydrogen-bond acceptors (Lipinski definition) is 8. The number of nitrogens with one attached hydrogen (secondary N) is 1. The summed E-state index contributed by atoms with van der Waals surface area (Å²) < 4.78 is 5.57. The standard InChI is InChI=1S/C29H33N7O2/c1-29(2,3)38-28(37)36-10-4-9-35(11-12-36)24-14-23(18-31-19-24)25-15-22(21-5-6-21)16-27(33-25)34-26-13-20(17-30)7-8-32-26/h7-8,13-16,18-19,21H,4-6,9-12H2,1-3H3,(H,32,33,34). The predicted molar refractivity (Wildman–Crippen MR) is 146 cm³/mol. The van der Waals surface area contributed by atoms with E-state index in [2.05, 4.69) is 44.5 Å². The van der Waals surface area contributed by atoms with Crippen molar-refractivity contribution in [1.29, 1.82) is 5.26 Å². The third-order valence-electron chi connectivity index (χ3n) is 6.57. The molecule has 1 aliphatic carbocycles. The number of nitriles is 1. The lowest BCUT2D eigenvalue weighted by molar-refractivity contribution is 0.0263. The number of nitrogens with zero attached hydrogens (tertiary/aromatic N) is 6. The second kappa shape index (κ2) is 10.7. The Morgan fingerprint density at radius 3 is 2.68 bits per heavy atom. The third kappa shape index (κ3) is 6.38. The van der Waals surface area contributed by atoms with Gasteiger partial charge in [-0.05, 0) is 81.8 Å². The molecule has 1 saturated heterocycles. The predicted octanol–water partition coefficient (Wildman–Crippen LogP) is 5.48. The average molecular weight is 512 g/mol. The lowest BCUT2D eigenvalue weighted by Crippen LogP contribution is -2.39. The zero-order chi connectivity index (χ0) is 26.7. The van der Waals surface area contributed by atoms with Gasteiger partial charge in [0.15, 0.2) is 0 Å². The largest absolute Gasteiger partial charge is 0.444 e. The van der Waals surface area contributed by atoms with Gasteiger partial charge in [0.2, 0.25) is 0 Å². The second-order valence-electron chi connectivity index (χ2n) is 10.9. The van der Waals surface area contributed by atoms with Gasteiger partial charge >= 0.3 is 6.09 Å². The van der Waals surface area contributed by atoms with E-state index in [1.165, 1.54) is 18.4 Å². The number of aromatic nitrogens is 3. The Bertz CT molecular complexity index is 1360. The molecule has 1 amide bonds. The molecule has 0 unspecified atom stereocenters. The highest BCUT2D eigenvalue weighted by molar-refractivity contribution is 5.69. The molecule has 2 fully saturated rings. The lowest BCUT2D eigenvalue weighted by atomic mass is 10.1. The number of anilines is 3. The Hall–Kier alpha value is -4.19. The van der Waals surface area contributed by atoms with E-state index in [-0.39, 0.29) is 6.09 Å². The average Bonchev–Trinajstić information content (AvgIpc) is 3.75. The molecule has 3 aromatic heterocycles. The summed E-state index contributed by atoms with van der Waals surface area (Å²) in [5.74, 6) is 1.82. The van der Waals surface area contributed by atoms with Gasteiger partial charge in [0.25, 0.3) is 0 Å². The molecule has 0 atom stereocenters. The Morgan fingerprint density at radius 2 is 1.92 bits per heavy atom. The van der Waals surface area contributed by atoms with Crippen LogP contribution in [-0.4, -0.2) is 57.7 Å². The number of rotatable bonds is 5. The van der Waals surface area contributed by atoms with Crippen molar-refractivity contribution in [2.24, 2.45) is 0 Å². The van der Waals surface area contributed by atoms with E-state index in [1.807, 2.05) is 33.2 Å². The second-order valence-corrected chi connectivity index (χ2v) is 10.9. The maximum Gasteiger partial charge on any atom is 0.410 e. The van der Waals surface area contributed by atoms with Crippen molar-refractivity contribution >= 4 is 23.4 Å². The summed E-state index contributed by atoms with van der Waals surface area (Å²) in [4.78, 5) is 30.4. The number of carbonyl (C=O) groups is 1. The normalized spacial score (nSPS) is 15.9. The van der Waals surface area contributed by atoms with Crippen LogP contribution in [0.4, 0.5) is 22.1 Å². The van der Waals surface area contributed by atoms with Crippen LogP contribution >= 0.6 is 0 Å². The number of amides is 1. The molecule has 38 heavy (non-hydrogen) atoms. The van der Waals surface area contributed by atoms with Crippen molar-refractivity contribution in [2.75, 3.05) is 36.4 Å². The van der Waals surface area contributed by atoms with Crippen molar-refractivity contribution in [3.8, 4) is 17.3 Å². The van der Waals surface area contributed by atoms with Gasteiger partial charge in [-0.15, -0.1) is 0 Å². The quantitative estimate of drug-likeness (QED) is 0.480. The molecule has 0 aromatic carbocycles. The van der Waals surface area contributed by atoms with E-state index >= 15 is 0 Å². The van der Waals surface area contributed by atoms with Crippen LogP contribution in [0.5, 0.6) is 0 Å². The maximum atomic E-state index is 12.6. The van der Waals surface area contributed by atoms with Crippen molar-refractivity contribution in [3.05, 3.63) is 60.0 Å². The molecule has 9 nitrogen and oxygen atoms in total. The first-order valence-electron chi connectivity index (χ1n) is 13.1. The molecule has 0 spiro atoms. The number of ether oxygens (including phenoxy) is 1. The summed E-state index contributed by atoms with van der Waals surface area (Å²) in [6, 6.07) is 11.9. The minimum atomic E-state index is -0.508. The number of hydrogen-bond donors (Lipinski definition) is 1. The number of carbonyl (C=O) groups excluding carboxylic acids is 1. The Kier molecular flexibility index (Phi) is 7.14. The van der Waals surface area contributed by atoms with E-state index in [0.717, 1.165) is 29.9 Å². The molecule has 0 radical (unpaired) electrons. The third-order valence-corrected chi connectivity index (χ3v) is 6.57. The van der Waals surface area contributed by atoms with Crippen LogP contribution in [0.15, 0.2) is 48.9 Å². The van der Waals surface area contributed by atoms with Crippen LogP contribution in [0.25, 0.3) is 11.3 Å². The molecule has 4 heterocycles. The highest BCUT2D eigenvalue weighted by atomic mass is 16.6. The number of pyridine rings is 3.